The molecule has 18 heavy (non-hydrogen) atoms. The van der Waals surface area contributed by atoms with E-state index in [-0.39, 0.29) is 6.04 Å². The second kappa shape index (κ2) is 6.07. The van der Waals surface area contributed by atoms with E-state index in [1.807, 2.05) is 12.4 Å². The molecule has 0 aliphatic rings. The van der Waals surface area contributed by atoms with Gasteiger partial charge in [-0.3, -0.25) is 0 Å². The summed E-state index contributed by atoms with van der Waals surface area (Å²) in [4.78, 5) is 0. The topological polar surface area (TPSA) is 12.0 Å². The standard InChI is InChI=1S/C14H15F2NS/c1-17-12(7-10-5-6-18-9-10)8-11-3-2-4-13(15)14(11)16/h2-6,9,12,17H,7-8H2,1H3. The first-order chi connectivity index (χ1) is 8.70. The van der Waals surface area contributed by atoms with Gasteiger partial charge in [0, 0.05) is 6.04 Å². The number of thiophene rings is 1. The van der Waals surface area contributed by atoms with Crippen LogP contribution in [0.5, 0.6) is 0 Å². The molecular formula is C14H15F2NS. The summed E-state index contributed by atoms with van der Waals surface area (Å²) in [6, 6.07) is 6.49. The second-order valence-electron chi connectivity index (χ2n) is 4.24. The highest BCUT2D eigenvalue weighted by atomic mass is 32.1. The molecule has 0 aliphatic carbocycles. The lowest BCUT2D eigenvalue weighted by atomic mass is 10.00. The second-order valence-corrected chi connectivity index (χ2v) is 5.02. The zero-order chi connectivity index (χ0) is 13.0. The van der Waals surface area contributed by atoms with Crippen molar-refractivity contribution in [3.8, 4) is 0 Å². The SMILES string of the molecule is CNC(Cc1ccsc1)Cc1cccc(F)c1F. The van der Waals surface area contributed by atoms with Crippen molar-refractivity contribution in [2.24, 2.45) is 0 Å². The molecule has 1 aromatic heterocycles. The van der Waals surface area contributed by atoms with Crippen molar-refractivity contribution in [2.45, 2.75) is 18.9 Å². The van der Waals surface area contributed by atoms with E-state index in [4.69, 9.17) is 0 Å². The van der Waals surface area contributed by atoms with Crippen LogP contribution in [-0.4, -0.2) is 13.1 Å². The van der Waals surface area contributed by atoms with Gasteiger partial charge >= 0.3 is 0 Å². The third-order valence-electron chi connectivity index (χ3n) is 2.97. The summed E-state index contributed by atoms with van der Waals surface area (Å²) in [6.45, 7) is 0. The molecule has 0 saturated heterocycles. The molecule has 0 spiro atoms. The molecule has 0 aliphatic heterocycles. The summed E-state index contributed by atoms with van der Waals surface area (Å²) >= 11 is 1.64. The van der Waals surface area contributed by atoms with Crippen molar-refractivity contribution < 1.29 is 8.78 Å². The first-order valence-corrected chi connectivity index (χ1v) is 6.76. The summed E-state index contributed by atoms with van der Waals surface area (Å²) in [6.07, 6.45) is 1.30. The smallest absolute Gasteiger partial charge is 0.162 e. The molecule has 96 valence electrons. The monoisotopic (exact) mass is 267 g/mol. The third kappa shape index (κ3) is 3.15. The van der Waals surface area contributed by atoms with E-state index in [1.165, 1.54) is 5.56 Å². The molecule has 0 fully saturated rings. The van der Waals surface area contributed by atoms with E-state index in [1.54, 1.807) is 23.5 Å². The van der Waals surface area contributed by atoms with Gasteiger partial charge in [-0.15, -0.1) is 0 Å². The number of hydrogen-bond donors (Lipinski definition) is 1. The van der Waals surface area contributed by atoms with Gasteiger partial charge in [0.1, 0.15) is 0 Å². The van der Waals surface area contributed by atoms with E-state index in [0.29, 0.717) is 12.0 Å². The van der Waals surface area contributed by atoms with Crippen molar-refractivity contribution in [2.75, 3.05) is 7.05 Å². The third-order valence-corrected chi connectivity index (χ3v) is 3.70. The van der Waals surface area contributed by atoms with Crippen LogP contribution in [-0.2, 0) is 12.8 Å². The summed E-state index contributed by atoms with van der Waals surface area (Å²) in [5, 5.41) is 7.25. The Morgan fingerprint density at radius 2 is 2.06 bits per heavy atom. The fraction of sp³-hybridized carbons (Fsp3) is 0.286. The predicted octanol–water partition coefficient (Wildman–Crippen LogP) is 3.40. The molecule has 0 radical (unpaired) electrons. The highest BCUT2D eigenvalue weighted by Gasteiger charge is 2.13. The molecular weight excluding hydrogens is 252 g/mol. The first-order valence-electron chi connectivity index (χ1n) is 5.82. The average Bonchev–Trinajstić information content (AvgIpc) is 2.86. The molecule has 0 saturated carbocycles. The van der Waals surface area contributed by atoms with Gasteiger partial charge in [-0.1, -0.05) is 12.1 Å². The largest absolute Gasteiger partial charge is 0.316 e. The molecule has 0 amide bonds. The van der Waals surface area contributed by atoms with Crippen LogP contribution in [0.25, 0.3) is 0 Å². The van der Waals surface area contributed by atoms with Crippen LogP contribution < -0.4 is 5.32 Å². The zero-order valence-corrected chi connectivity index (χ0v) is 10.9. The number of halogens is 2. The van der Waals surface area contributed by atoms with E-state index >= 15 is 0 Å². The van der Waals surface area contributed by atoms with Gasteiger partial charge in [-0.25, -0.2) is 8.78 Å². The Hall–Kier alpha value is -1.26. The highest BCUT2D eigenvalue weighted by molar-refractivity contribution is 7.07. The maximum Gasteiger partial charge on any atom is 0.162 e. The van der Waals surface area contributed by atoms with Crippen LogP contribution >= 0.6 is 11.3 Å². The van der Waals surface area contributed by atoms with Crippen LogP contribution in [0.1, 0.15) is 11.1 Å². The summed E-state index contributed by atoms with van der Waals surface area (Å²) in [5.74, 6) is -1.51. The van der Waals surface area contributed by atoms with Gasteiger partial charge < -0.3 is 5.32 Å². The minimum Gasteiger partial charge on any atom is -0.316 e. The van der Waals surface area contributed by atoms with Gasteiger partial charge in [0.05, 0.1) is 0 Å². The Kier molecular flexibility index (Phi) is 4.44. The van der Waals surface area contributed by atoms with Crippen molar-refractivity contribution >= 4 is 11.3 Å². The van der Waals surface area contributed by atoms with Crippen LogP contribution in [0.15, 0.2) is 35.0 Å². The lowest BCUT2D eigenvalue weighted by Gasteiger charge is -2.16. The molecule has 4 heteroatoms. The van der Waals surface area contributed by atoms with Crippen molar-refractivity contribution in [3.63, 3.8) is 0 Å². The summed E-state index contributed by atoms with van der Waals surface area (Å²) in [7, 11) is 1.84. The molecule has 2 aromatic rings. The molecule has 1 nitrogen and oxygen atoms in total. The minimum atomic E-state index is -0.780. The fourth-order valence-corrected chi connectivity index (χ4v) is 2.62. The normalized spacial score (nSPS) is 12.6. The number of rotatable bonds is 5. The maximum absolute atomic E-state index is 13.6. The molecule has 2 rings (SSSR count). The first kappa shape index (κ1) is 13.2. The van der Waals surface area contributed by atoms with Gasteiger partial charge in [-0.05, 0) is 53.9 Å². The van der Waals surface area contributed by atoms with Crippen LogP contribution in [0.4, 0.5) is 8.78 Å². The fourth-order valence-electron chi connectivity index (χ4n) is 1.94. The van der Waals surface area contributed by atoms with Crippen molar-refractivity contribution in [1.82, 2.24) is 5.32 Å². The molecule has 0 bridgehead atoms. The van der Waals surface area contributed by atoms with E-state index < -0.39 is 11.6 Å². The quantitative estimate of drug-likeness (QED) is 0.875. The molecule has 1 atom stereocenters. The Morgan fingerprint density at radius 3 is 2.72 bits per heavy atom. The average molecular weight is 267 g/mol. The van der Waals surface area contributed by atoms with Gasteiger partial charge in [0.25, 0.3) is 0 Å². The Balaban J connectivity index is 2.08. The van der Waals surface area contributed by atoms with Crippen molar-refractivity contribution in [1.29, 1.82) is 0 Å². The minimum absolute atomic E-state index is 0.107. The number of hydrogen-bond acceptors (Lipinski definition) is 2. The number of likely N-dealkylation sites (N-methyl/N-ethyl adjacent to an activating group) is 1. The summed E-state index contributed by atoms with van der Waals surface area (Å²) < 4.78 is 26.7. The Morgan fingerprint density at radius 1 is 1.22 bits per heavy atom. The highest BCUT2D eigenvalue weighted by Crippen LogP contribution is 2.16. The number of benzene rings is 1. The van der Waals surface area contributed by atoms with Gasteiger partial charge in [0.15, 0.2) is 11.6 Å². The lowest BCUT2D eigenvalue weighted by Crippen LogP contribution is -2.30. The molecule has 1 unspecified atom stereocenters. The van der Waals surface area contributed by atoms with Crippen molar-refractivity contribution in [3.05, 3.63) is 57.8 Å². The molecule has 1 aromatic carbocycles. The van der Waals surface area contributed by atoms with Gasteiger partial charge in [0.2, 0.25) is 0 Å². The molecule has 1 heterocycles. The van der Waals surface area contributed by atoms with Gasteiger partial charge in [-0.2, -0.15) is 11.3 Å². The van der Waals surface area contributed by atoms with Crippen LogP contribution in [0.3, 0.4) is 0 Å². The zero-order valence-electron chi connectivity index (χ0n) is 10.1. The maximum atomic E-state index is 13.6. The summed E-state index contributed by atoms with van der Waals surface area (Å²) in [5.41, 5.74) is 1.64. The Labute approximate surface area is 109 Å². The lowest BCUT2D eigenvalue weighted by molar-refractivity contribution is 0.482. The molecule has 1 N–H and O–H groups in total. The van der Waals surface area contributed by atoms with E-state index in [9.17, 15) is 8.78 Å². The Bertz CT molecular complexity index is 497. The van der Waals surface area contributed by atoms with Crippen LogP contribution in [0.2, 0.25) is 0 Å². The number of nitrogens with one attached hydrogen (secondary N) is 1. The van der Waals surface area contributed by atoms with Crippen LogP contribution in [0, 0.1) is 11.6 Å². The predicted molar refractivity (Wildman–Crippen MR) is 70.9 cm³/mol. The van der Waals surface area contributed by atoms with E-state index in [2.05, 4.69) is 16.8 Å². The van der Waals surface area contributed by atoms with E-state index in [0.717, 1.165) is 12.5 Å².